The Bertz CT molecular complexity index is 673. The number of imidazole rings is 1. The molecule has 3 N–H and O–H groups in total. The zero-order chi connectivity index (χ0) is 14.1. The van der Waals surface area contributed by atoms with Crippen LogP contribution in [0.2, 0.25) is 0 Å². The van der Waals surface area contributed by atoms with Gasteiger partial charge in [-0.3, -0.25) is 9.59 Å². The van der Waals surface area contributed by atoms with E-state index >= 15 is 0 Å². The molecule has 1 aliphatic carbocycles. The maximum Gasteiger partial charge on any atom is 0.237 e. The standard InChI is InChI=1S/C14H16N4O2/c15-12(19)8-18-11-4-2-1-3-10(11)17-13(18)7-16-14(20)9-5-6-9/h1-4,9H,5-8H2,(H2,15,19)(H,16,20). The summed E-state index contributed by atoms with van der Waals surface area (Å²) in [7, 11) is 0. The van der Waals surface area contributed by atoms with Gasteiger partial charge in [0, 0.05) is 5.92 Å². The third kappa shape index (κ3) is 2.49. The van der Waals surface area contributed by atoms with Crippen LogP contribution in [0.3, 0.4) is 0 Å². The highest BCUT2D eigenvalue weighted by molar-refractivity contribution is 5.82. The Kier molecular flexibility index (Phi) is 3.14. The average Bonchev–Trinajstić information content (AvgIpc) is 3.21. The van der Waals surface area contributed by atoms with Crippen molar-refractivity contribution in [3.05, 3.63) is 30.1 Å². The fourth-order valence-corrected chi connectivity index (χ4v) is 2.25. The molecule has 2 aromatic rings. The lowest BCUT2D eigenvalue weighted by molar-refractivity contribution is -0.122. The first-order chi connectivity index (χ1) is 9.65. The molecule has 6 heteroatoms. The van der Waals surface area contributed by atoms with Gasteiger partial charge in [0.15, 0.2) is 0 Å². The van der Waals surface area contributed by atoms with Crippen molar-refractivity contribution in [1.29, 1.82) is 0 Å². The second-order valence-corrected chi connectivity index (χ2v) is 5.06. The molecule has 0 aliphatic heterocycles. The van der Waals surface area contributed by atoms with E-state index in [1.165, 1.54) is 0 Å². The van der Waals surface area contributed by atoms with Crippen LogP contribution in [-0.4, -0.2) is 21.4 Å². The van der Waals surface area contributed by atoms with Crippen LogP contribution in [0, 0.1) is 5.92 Å². The summed E-state index contributed by atoms with van der Waals surface area (Å²) in [4.78, 5) is 27.4. The van der Waals surface area contributed by atoms with Crippen LogP contribution in [0.15, 0.2) is 24.3 Å². The van der Waals surface area contributed by atoms with Crippen molar-refractivity contribution < 1.29 is 9.59 Å². The SMILES string of the molecule is NC(=O)Cn1c(CNC(=O)C2CC2)nc2ccccc21. The molecule has 0 bridgehead atoms. The van der Waals surface area contributed by atoms with Crippen molar-refractivity contribution in [1.82, 2.24) is 14.9 Å². The van der Waals surface area contributed by atoms with Gasteiger partial charge in [0.25, 0.3) is 0 Å². The maximum atomic E-state index is 11.7. The Balaban J connectivity index is 1.87. The van der Waals surface area contributed by atoms with Crippen LogP contribution in [0.1, 0.15) is 18.7 Å². The number of hydrogen-bond donors (Lipinski definition) is 2. The Morgan fingerprint density at radius 2 is 2.10 bits per heavy atom. The van der Waals surface area contributed by atoms with Gasteiger partial charge in [-0.25, -0.2) is 4.98 Å². The molecule has 1 fully saturated rings. The second-order valence-electron chi connectivity index (χ2n) is 5.06. The number of nitrogens with one attached hydrogen (secondary N) is 1. The largest absolute Gasteiger partial charge is 0.368 e. The lowest BCUT2D eigenvalue weighted by atomic mass is 10.3. The summed E-state index contributed by atoms with van der Waals surface area (Å²) in [5.41, 5.74) is 6.93. The van der Waals surface area contributed by atoms with Crippen LogP contribution in [-0.2, 0) is 22.7 Å². The summed E-state index contributed by atoms with van der Waals surface area (Å²) in [5.74, 6) is 0.438. The number of aromatic nitrogens is 2. The predicted octanol–water partition coefficient (Wildman–Crippen LogP) is 0.548. The van der Waals surface area contributed by atoms with Crippen molar-refractivity contribution in [3.8, 4) is 0 Å². The number of carbonyl (C=O) groups excluding carboxylic acids is 2. The van der Waals surface area contributed by atoms with Crippen molar-refractivity contribution >= 4 is 22.8 Å². The molecule has 0 unspecified atom stereocenters. The maximum absolute atomic E-state index is 11.7. The normalized spacial score (nSPS) is 14.4. The first-order valence-corrected chi connectivity index (χ1v) is 6.65. The van der Waals surface area contributed by atoms with E-state index in [9.17, 15) is 9.59 Å². The van der Waals surface area contributed by atoms with Crippen LogP contribution >= 0.6 is 0 Å². The molecular weight excluding hydrogens is 256 g/mol. The fraction of sp³-hybridized carbons (Fsp3) is 0.357. The number of amides is 2. The summed E-state index contributed by atoms with van der Waals surface area (Å²) in [5, 5.41) is 2.86. The number of rotatable bonds is 5. The summed E-state index contributed by atoms with van der Waals surface area (Å²) >= 11 is 0. The minimum absolute atomic E-state index is 0.0580. The van der Waals surface area contributed by atoms with Gasteiger partial charge in [0.1, 0.15) is 12.4 Å². The van der Waals surface area contributed by atoms with E-state index in [1.807, 2.05) is 24.3 Å². The van der Waals surface area contributed by atoms with Crippen molar-refractivity contribution in [2.75, 3.05) is 0 Å². The van der Waals surface area contributed by atoms with Gasteiger partial charge in [-0.05, 0) is 25.0 Å². The third-order valence-corrected chi connectivity index (χ3v) is 3.42. The molecule has 0 spiro atoms. The number of nitrogens with two attached hydrogens (primary N) is 1. The molecule has 3 rings (SSSR count). The topological polar surface area (TPSA) is 90.0 Å². The zero-order valence-electron chi connectivity index (χ0n) is 11.0. The lowest BCUT2D eigenvalue weighted by Crippen LogP contribution is -2.27. The van der Waals surface area contributed by atoms with Crippen LogP contribution in [0.25, 0.3) is 11.0 Å². The van der Waals surface area contributed by atoms with E-state index < -0.39 is 5.91 Å². The van der Waals surface area contributed by atoms with Crippen LogP contribution in [0.5, 0.6) is 0 Å². The van der Waals surface area contributed by atoms with E-state index in [0.29, 0.717) is 12.4 Å². The van der Waals surface area contributed by atoms with Crippen LogP contribution in [0.4, 0.5) is 0 Å². The molecular formula is C14H16N4O2. The van der Waals surface area contributed by atoms with E-state index in [1.54, 1.807) is 4.57 Å². The van der Waals surface area contributed by atoms with E-state index in [4.69, 9.17) is 5.73 Å². The van der Waals surface area contributed by atoms with Crippen molar-refractivity contribution in [2.24, 2.45) is 11.7 Å². The minimum atomic E-state index is -0.428. The molecule has 1 aliphatic rings. The number of para-hydroxylation sites is 2. The van der Waals surface area contributed by atoms with Crippen molar-refractivity contribution in [3.63, 3.8) is 0 Å². The predicted molar refractivity (Wildman–Crippen MR) is 73.5 cm³/mol. The molecule has 104 valence electrons. The lowest BCUT2D eigenvalue weighted by Gasteiger charge is -2.08. The first-order valence-electron chi connectivity index (χ1n) is 6.65. The van der Waals surface area contributed by atoms with Gasteiger partial charge in [-0.15, -0.1) is 0 Å². The number of fused-ring (bicyclic) bond motifs is 1. The smallest absolute Gasteiger partial charge is 0.237 e. The van der Waals surface area contributed by atoms with Crippen LogP contribution < -0.4 is 11.1 Å². The molecule has 0 atom stereocenters. The number of nitrogens with zero attached hydrogens (tertiary/aromatic N) is 2. The van der Waals surface area contributed by atoms with E-state index in [-0.39, 0.29) is 18.4 Å². The summed E-state index contributed by atoms with van der Waals surface area (Å²) in [6, 6.07) is 7.53. The monoisotopic (exact) mass is 272 g/mol. The van der Waals surface area contributed by atoms with Gasteiger partial charge in [0.05, 0.1) is 17.6 Å². The van der Waals surface area contributed by atoms with Gasteiger partial charge in [-0.1, -0.05) is 12.1 Å². The average molecular weight is 272 g/mol. The highest BCUT2D eigenvalue weighted by atomic mass is 16.2. The molecule has 1 saturated carbocycles. The number of benzene rings is 1. The highest BCUT2D eigenvalue weighted by Gasteiger charge is 2.29. The van der Waals surface area contributed by atoms with E-state index in [0.717, 1.165) is 23.9 Å². The number of primary amides is 1. The molecule has 0 saturated heterocycles. The highest BCUT2D eigenvalue weighted by Crippen LogP contribution is 2.28. The van der Waals surface area contributed by atoms with Gasteiger partial charge < -0.3 is 15.6 Å². The molecule has 20 heavy (non-hydrogen) atoms. The van der Waals surface area contributed by atoms with Crippen molar-refractivity contribution in [2.45, 2.75) is 25.9 Å². The summed E-state index contributed by atoms with van der Waals surface area (Å²) in [6.45, 7) is 0.381. The number of hydrogen-bond acceptors (Lipinski definition) is 3. The molecule has 2 amide bonds. The third-order valence-electron chi connectivity index (χ3n) is 3.42. The Hall–Kier alpha value is -2.37. The number of carbonyl (C=O) groups is 2. The Labute approximate surface area is 116 Å². The zero-order valence-corrected chi connectivity index (χ0v) is 11.0. The van der Waals surface area contributed by atoms with Gasteiger partial charge >= 0.3 is 0 Å². The van der Waals surface area contributed by atoms with Gasteiger partial charge in [-0.2, -0.15) is 0 Å². The second kappa shape index (κ2) is 4.96. The molecule has 1 aromatic heterocycles. The minimum Gasteiger partial charge on any atom is -0.368 e. The molecule has 6 nitrogen and oxygen atoms in total. The Morgan fingerprint density at radius 3 is 2.80 bits per heavy atom. The summed E-state index contributed by atoms with van der Waals surface area (Å²) < 4.78 is 1.75. The fourth-order valence-electron chi connectivity index (χ4n) is 2.25. The summed E-state index contributed by atoms with van der Waals surface area (Å²) in [6.07, 6.45) is 1.92. The van der Waals surface area contributed by atoms with Gasteiger partial charge in [0.2, 0.25) is 11.8 Å². The Morgan fingerprint density at radius 1 is 1.35 bits per heavy atom. The molecule has 0 radical (unpaired) electrons. The molecule has 1 aromatic carbocycles. The quantitative estimate of drug-likeness (QED) is 0.832. The molecule has 1 heterocycles. The van der Waals surface area contributed by atoms with E-state index in [2.05, 4.69) is 10.3 Å². The first kappa shape index (κ1) is 12.7.